The molecule has 0 radical (unpaired) electrons. The highest BCUT2D eigenvalue weighted by Gasteiger charge is 2.14. The van der Waals surface area contributed by atoms with Crippen LogP contribution in [0.25, 0.3) is 10.2 Å². The number of nitrogens with one attached hydrogen (secondary N) is 1. The number of amides is 1. The number of aliphatic hydroxyl groups excluding tert-OH is 1. The highest BCUT2D eigenvalue weighted by molar-refractivity contribution is 7.18. The number of fused-ring (bicyclic) bond motifs is 1. The van der Waals surface area contributed by atoms with Crippen molar-refractivity contribution in [3.8, 4) is 5.75 Å². The fourth-order valence-corrected chi connectivity index (χ4v) is 3.47. The van der Waals surface area contributed by atoms with Crippen LogP contribution >= 0.6 is 22.9 Å². The Morgan fingerprint density at radius 2 is 2.00 bits per heavy atom. The molecule has 2 aromatic carbocycles. The fraction of sp³-hybridized carbons (Fsp3) is 0.222. The van der Waals surface area contributed by atoms with Gasteiger partial charge in [0, 0.05) is 5.56 Å². The van der Waals surface area contributed by atoms with E-state index in [0.717, 1.165) is 4.70 Å². The Kier molecular flexibility index (Phi) is 5.22. The fourth-order valence-electron chi connectivity index (χ4n) is 2.32. The summed E-state index contributed by atoms with van der Waals surface area (Å²) in [7, 11) is 0. The number of ether oxygens (including phenoxy) is 1. The lowest BCUT2D eigenvalue weighted by Gasteiger charge is -2.11. The molecule has 0 aliphatic rings. The van der Waals surface area contributed by atoms with Crippen LogP contribution < -0.4 is 10.1 Å². The lowest BCUT2D eigenvalue weighted by Crippen LogP contribution is -2.12. The Hall–Kier alpha value is -2.15. The van der Waals surface area contributed by atoms with E-state index in [9.17, 15) is 9.90 Å². The highest BCUT2D eigenvalue weighted by Crippen LogP contribution is 2.34. The van der Waals surface area contributed by atoms with E-state index in [1.54, 1.807) is 30.3 Å². The van der Waals surface area contributed by atoms with Gasteiger partial charge in [-0.05, 0) is 50.2 Å². The maximum Gasteiger partial charge on any atom is 0.255 e. The maximum absolute atomic E-state index is 12.4. The SMILES string of the molecule is CC(C)Oc1ccc(C(=O)Nc2ccc3sc(CO)nc3c2Cl)cc1. The van der Waals surface area contributed by atoms with Gasteiger partial charge in [0.1, 0.15) is 16.3 Å². The van der Waals surface area contributed by atoms with Crippen LogP contribution in [0.4, 0.5) is 5.69 Å². The number of nitrogens with zero attached hydrogens (tertiary/aromatic N) is 1. The van der Waals surface area contributed by atoms with Crippen LogP contribution in [0.1, 0.15) is 29.2 Å². The van der Waals surface area contributed by atoms with E-state index in [2.05, 4.69) is 10.3 Å². The third kappa shape index (κ3) is 3.92. The summed E-state index contributed by atoms with van der Waals surface area (Å²) < 4.78 is 6.43. The van der Waals surface area contributed by atoms with Crippen molar-refractivity contribution in [1.82, 2.24) is 4.98 Å². The Labute approximate surface area is 154 Å². The topological polar surface area (TPSA) is 71.5 Å². The van der Waals surface area contributed by atoms with Crippen LogP contribution in [0.5, 0.6) is 5.75 Å². The van der Waals surface area contributed by atoms with Crippen molar-refractivity contribution >= 4 is 44.7 Å². The van der Waals surface area contributed by atoms with E-state index >= 15 is 0 Å². The summed E-state index contributed by atoms with van der Waals surface area (Å²) in [5.74, 6) is 0.444. The number of carbonyl (C=O) groups excluding carboxylic acids is 1. The van der Waals surface area contributed by atoms with Gasteiger partial charge in [0.15, 0.2) is 0 Å². The number of anilines is 1. The average molecular weight is 377 g/mol. The Balaban J connectivity index is 1.80. The molecule has 0 saturated heterocycles. The molecule has 0 spiro atoms. The van der Waals surface area contributed by atoms with Crippen LogP contribution in [-0.2, 0) is 6.61 Å². The first-order chi connectivity index (χ1) is 12.0. The average Bonchev–Trinajstić information content (AvgIpc) is 3.01. The summed E-state index contributed by atoms with van der Waals surface area (Å²) in [4.78, 5) is 16.7. The largest absolute Gasteiger partial charge is 0.491 e. The molecule has 130 valence electrons. The summed E-state index contributed by atoms with van der Waals surface area (Å²) >= 11 is 7.72. The first-order valence-corrected chi connectivity index (χ1v) is 8.94. The van der Waals surface area contributed by atoms with E-state index in [1.165, 1.54) is 11.3 Å². The minimum absolute atomic E-state index is 0.0760. The van der Waals surface area contributed by atoms with Gasteiger partial charge in [-0.2, -0.15) is 0 Å². The van der Waals surface area contributed by atoms with Crippen molar-refractivity contribution in [2.45, 2.75) is 26.6 Å². The molecule has 5 nitrogen and oxygen atoms in total. The highest BCUT2D eigenvalue weighted by atomic mass is 35.5. The first-order valence-electron chi connectivity index (χ1n) is 7.74. The standard InChI is InChI=1S/C18H17ClN2O3S/c1-10(2)24-12-5-3-11(4-6-12)18(23)20-13-7-8-14-17(16(13)19)21-15(9-22)25-14/h3-8,10,22H,9H2,1-2H3,(H,20,23). The lowest BCUT2D eigenvalue weighted by atomic mass is 10.2. The van der Waals surface area contributed by atoms with Gasteiger partial charge in [-0.3, -0.25) is 4.79 Å². The van der Waals surface area contributed by atoms with Gasteiger partial charge in [-0.25, -0.2) is 4.98 Å². The molecule has 1 amide bonds. The minimum Gasteiger partial charge on any atom is -0.491 e. The van der Waals surface area contributed by atoms with Gasteiger partial charge < -0.3 is 15.2 Å². The predicted octanol–water partition coefficient (Wildman–Crippen LogP) is 4.48. The maximum atomic E-state index is 12.4. The van der Waals surface area contributed by atoms with E-state index in [4.69, 9.17) is 16.3 Å². The number of carbonyl (C=O) groups is 1. The minimum atomic E-state index is -0.269. The summed E-state index contributed by atoms with van der Waals surface area (Å²) in [6, 6.07) is 10.5. The number of rotatable bonds is 5. The van der Waals surface area contributed by atoms with Gasteiger partial charge in [0.25, 0.3) is 5.91 Å². The van der Waals surface area contributed by atoms with Gasteiger partial charge in [-0.15, -0.1) is 11.3 Å². The normalized spacial score (nSPS) is 11.1. The molecular weight excluding hydrogens is 360 g/mol. The molecule has 0 saturated carbocycles. The summed E-state index contributed by atoms with van der Waals surface area (Å²) in [6.07, 6.45) is 0.0760. The summed E-state index contributed by atoms with van der Waals surface area (Å²) in [6.45, 7) is 3.75. The number of hydrogen-bond donors (Lipinski definition) is 2. The van der Waals surface area contributed by atoms with Gasteiger partial charge in [-0.1, -0.05) is 11.6 Å². The number of halogens is 1. The predicted molar refractivity (Wildman–Crippen MR) is 101 cm³/mol. The molecule has 3 rings (SSSR count). The monoisotopic (exact) mass is 376 g/mol. The third-order valence-corrected chi connectivity index (χ3v) is 4.80. The Morgan fingerprint density at radius 1 is 1.28 bits per heavy atom. The van der Waals surface area contributed by atoms with Gasteiger partial charge in [0.2, 0.25) is 0 Å². The number of thiazole rings is 1. The molecule has 0 aliphatic heterocycles. The van der Waals surface area contributed by atoms with Crippen LogP contribution in [-0.4, -0.2) is 22.1 Å². The van der Waals surface area contributed by atoms with Crippen LogP contribution in [0.15, 0.2) is 36.4 Å². The first kappa shape index (κ1) is 17.7. The number of aromatic nitrogens is 1. The van der Waals surface area contributed by atoms with E-state index in [0.29, 0.717) is 32.5 Å². The molecule has 2 N–H and O–H groups in total. The van der Waals surface area contributed by atoms with Gasteiger partial charge >= 0.3 is 0 Å². The number of hydrogen-bond acceptors (Lipinski definition) is 5. The molecule has 0 bridgehead atoms. The second-order valence-corrected chi connectivity index (χ2v) is 7.18. The molecular formula is C18H17ClN2O3S. The number of benzene rings is 2. The second-order valence-electron chi connectivity index (χ2n) is 5.68. The quantitative estimate of drug-likeness (QED) is 0.688. The molecule has 25 heavy (non-hydrogen) atoms. The molecule has 1 aromatic heterocycles. The molecule has 0 atom stereocenters. The van der Waals surface area contributed by atoms with Crippen LogP contribution in [0.2, 0.25) is 5.02 Å². The van der Waals surface area contributed by atoms with Crippen molar-refractivity contribution in [1.29, 1.82) is 0 Å². The van der Waals surface area contributed by atoms with Crippen molar-refractivity contribution in [2.24, 2.45) is 0 Å². The molecule has 0 fully saturated rings. The molecule has 1 heterocycles. The Bertz CT molecular complexity index is 907. The van der Waals surface area contributed by atoms with Crippen molar-refractivity contribution < 1.29 is 14.6 Å². The third-order valence-electron chi connectivity index (χ3n) is 3.42. The number of aliphatic hydroxyl groups is 1. The van der Waals surface area contributed by atoms with Crippen molar-refractivity contribution in [3.05, 3.63) is 52.0 Å². The molecule has 7 heteroatoms. The smallest absolute Gasteiger partial charge is 0.255 e. The van der Waals surface area contributed by atoms with Crippen LogP contribution in [0.3, 0.4) is 0 Å². The zero-order chi connectivity index (χ0) is 18.0. The van der Waals surface area contributed by atoms with Crippen LogP contribution in [0, 0.1) is 0 Å². The summed E-state index contributed by atoms with van der Waals surface area (Å²) in [5.41, 5.74) is 1.56. The Morgan fingerprint density at radius 3 is 2.64 bits per heavy atom. The van der Waals surface area contributed by atoms with Gasteiger partial charge in [0.05, 0.1) is 28.1 Å². The zero-order valence-corrected chi connectivity index (χ0v) is 15.3. The van der Waals surface area contributed by atoms with E-state index in [-0.39, 0.29) is 18.6 Å². The zero-order valence-electron chi connectivity index (χ0n) is 13.7. The van der Waals surface area contributed by atoms with E-state index < -0.39 is 0 Å². The van der Waals surface area contributed by atoms with Crippen molar-refractivity contribution in [2.75, 3.05) is 5.32 Å². The molecule has 0 aliphatic carbocycles. The second kappa shape index (κ2) is 7.39. The lowest BCUT2D eigenvalue weighted by molar-refractivity contribution is 0.102. The van der Waals surface area contributed by atoms with E-state index in [1.807, 2.05) is 19.9 Å². The van der Waals surface area contributed by atoms with Crippen molar-refractivity contribution in [3.63, 3.8) is 0 Å². The molecule has 3 aromatic rings. The summed E-state index contributed by atoms with van der Waals surface area (Å²) in [5, 5.41) is 12.9. The molecule has 0 unspecified atom stereocenters.